The minimum Gasteiger partial charge on any atom is -0.269 e. The van der Waals surface area contributed by atoms with E-state index >= 15 is 0 Å². The smallest absolute Gasteiger partial charge is 0.257 e. The summed E-state index contributed by atoms with van der Waals surface area (Å²) in [5.41, 5.74) is 0. The number of hydrogen-bond donors (Lipinski definition) is 1. The van der Waals surface area contributed by atoms with E-state index in [-0.39, 0.29) is 6.61 Å². The molecule has 0 aromatic heterocycles. The average molecular weight is 179 g/mol. The van der Waals surface area contributed by atoms with Crippen molar-refractivity contribution in [2.75, 3.05) is 6.61 Å². The van der Waals surface area contributed by atoms with E-state index in [0.717, 1.165) is 0 Å². The minimum atomic E-state index is -2.80. The molecule has 0 atom stereocenters. The fourth-order valence-corrected chi connectivity index (χ4v) is 0.690. The van der Waals surface area contributed by atoms with Gasteiger partial charge in [-0.3, -0.25) is 4.18 Å². The molecule has 0 heterocycles. The first-order valence-electron chi connectivity index (χ1n) is 1.68. The highest BCUT2D eigenvalue weighted by Gasteiger charge is 1.96. The lowest BCUT2D eigenvalue weighted by molar-refractivity contribution is 0.349. The molecule has 0 saturated heterocycles. The van der Waals surface area contributed by atoms with Gasteiger partial charge in [0.2, 0.25) is 0 Å². The molecule has 8 heavy (non-hydrogen) atoms. The Morgan fingerprint density at radius 1 is 1.50 bits per heavy atom. The highest BCUT2D eigenvalue weighted by Crippen LogP contribution is 2.00. The predicted octanol–water partition coefficient (Wildman–Crippen LogP) is 0.333. The maximum absolute atomic E-state index is 9.60. The summed E-state index contributed by atoms with van der Waals surface area (Å²) in [6, 6.07) is 0. The summed E-state index contributed by atoms with van der Waals surface area (Å²) in [6.07, 6.45) is 0. The van der Waals surface area contributed by atoms with Crippen molar-refractivity contribution in [3.8, 4) is 0 Å². The van der Waals surface area contributed by atoms with E-state index in [1.807, 2.05) is 0 Å². The molecule has 0 rings (SSSR count). The lowest BCUT2D eigenvalue weighted by Crippen LogP contribution is -1.99. The molecule has 0 unspecified atom stereocenters. The summed E-state index contributed by atoms with van der Waals surface area (Å²) in [5, 5.41) is 0. The third-order valence-corrected chi connectivity index (χ3v) is 0.918. The number of rotatable bonds is 3. The number of halogens is 2. The highest BCUT2D eigenvalue weighted by molar-refractivity contribution is 7.67. The molecule has 3 nitrogen and oxygen atoms in total. The Kier molecular flexibility index (Phi) is 4.64. The average Bonchev–Trinajstić information content (AvgIpc) is 1.61. The number of hydrogen-bond acceptors (Lipinski definition) is 3. The van der Waals surface area contributed by atoms with Crippen LogP contribution in [0.15, 0.2) is 0 Å². The summed E-state index contributed by atoms with van der Waals surface area (Å²) in [6.45, 7) is -0.179. The van der Waals surface area contributed by atoms with Gasteiger partial charge in [0.15, 0.2) is 0 Å². The van der Waals surface area contributed by atoms with E-state index in [1.165, 1.54) is 0 Å². The molecular formula is C2H4Cl2O3S. The van der Waals surface area contributed by atoms with E-state index in [9.17, 15) is 8.42 Å². The Labute approximate surface area is 58.7 Å². The monoisotopic (exact) mass is 178 g/mol. The molecule has 0 aromatic rings. The molecule has 0 aliphatic rings. The first kappa shape index (κ1) is 8.49. The largest absolute Gasteiger partial charge is 0.269 e. The van der Waals surface area contributed by atoms with Crippen LogP contribution in [0, 0.1) is 0 Å². The van der Waals surface area contributed by atoms with Crippen molar-refractivity contribution in [2.24, 2.45) is 0 Å². The molecule has 0 amide bonds. The van der Waals surface area contributed by atoms with Gasteiger partial charge < -0.3 is 0 Å². The van der Waals surface area contributed by atoms with Gasteiger partial charge in [0.05, 0.1) is 6.61 Å². The lowest BCUT2D eigenvalue weighted by atomic mass is 10.9. The van der Waals surface area contributed by atoms with Crippen molar-refractivity contribution >= 4 is 34.2 Å². The molecule has 50 valence electrons. The second kappa shape index (κ2) is 4.38. The second-order valence-electron chi connectivity index (χ2n) is 0.910. The zero-order chi connectivity index (χ0) is 6.57. The summed E-state index contributed by atoms with van der Waals surface area (Å²) >= 11 is 10.2. The number of alkyl halides is 2. The molecule has 0 aliphatic carbocycles. The SMILES string of the molecule is O=[SH](=O)OCC(Cl)Cl. The van der Waals surface area contributed by atoms with Crippen LogP contribution in [0.25, 0.3) is 0 Å². The molecule has 0 aromatic carbocycles. The Balaban J connectivity index is 3.18. The van der Waals surface area contributed by atoms with Crippen molar-refractivity contribution < 1.29 is 12.6 Å². The van der Waals surface area contributed by atoms with Gasteiger partial charge >= 0.3 is 0 Å². The zero-order valence-electron chi connectivity index (χ0n) is 3.71. The Morgan fingerprint density at radius 2 is 2.00 bits per heavy atom. The summed E-state index contributed by atoms with van der Waals surface area (Å²) in [4.78, 5) is -0.775. The van der Waals surface area contributed by atoms with Gasteiger partial charge in [-0.2, -0.15) is 0 Å². The molecule has 6 heteroatoms. The van der Waals surface area contributed by atoms with Gasteiger partial charge in [-0.05, 0) is 0 Å². The minimum absolute atomic E-state index is 0.179. The van der Waals surface area contributed by atoms with Crippen molar-refractivity contribution in [2.45, 2.75) is 4.84 Å². The van der Waals surface area contributed by atoms with Crippen molar-refractivity contribution in [1.29, 1.82) is 0 Å². The number of thiol groups is 1. The molecule has 0 saturated carbocycles. The summed E-state index contributed by atoms with van der Waals surface area (Å²) in [5.74, 6) is 0. The third kappa shape index (κ3) is 6.49. The van der Waals surface area contributed by atoms with Gasteiger partial charge in [0.1, 0.15) is 4.84 Å². The third-order valence-electron chi connectivity index (χ3n) is 0.306. The van der Waals surface area contributed by atoms with E-state index in [2.05, 4.69) is 4.18 Å². The van der Waals surface area contributed by atoms with Crippen LogP contribution in [0.2, 0.25) is 0 Å². The molecule has 0 aliphatic heterocycles. The first-order chi connectivity index (χ1) is 3.63. The summed E-state index contributed by atoms with van der Waals surface area (Å²) < 4.78 is 23.2. The van der Waals surface area contributed by atoms with Crippen LogP contribution < -0.4 is 0 Å². The first-order valence-corrected chi connectivity index (χ1v) is 3.65. The normalized spacial score (nSPS) is 11.0. The molecule has 0 bridgehead atoms. The predicted molar refractivity (Wildman–Crippen MR) is 31.8 cm³/mol. The van der Waals surface area contributed by atoms with Gasteiger partial charge in [-0.15, -0.1) is 23.2 Å². The Morgan fingerprint density at radius 3 is 2.12 bits per heavy atom. The zero-order valence-corrected chi connectivity index (χ0v) is 6.12. The van der Waals surface area contributed by atoms with Gasteiger partial charge in [-0.25, -0.2) is 8.42 Å². The van der Waals surface area contributed by atoms with Crippen LogP contribution in [0.1, 0.15) is 0 Å². The molecule has 0 spiro atoms. The van der Waals surface area contributed by atoms with E-state index < -0.39 is 15.8 Å². The van der Waals surface area contributed by atoms with Gasteiger partial charge in [0.25, 0.3) is 11.0 Å². The van der Waals surface area contributed by atoms with Crippen molar-refractivity contribution in [3.05, 3.63) is 0 Å². The fraction of sp³-hybridized carbons (Fsp3) is 1.00. The molecule has 0 N–H and O–H groups in total. The van der Waals surface area contributed by atoms with Crippen LogP contribution >= 0.6 is 23.2 Å². The fourth-order valence-electron chi connectivity index (χ4n) is 0.117. The maximum Gasteiger partial charge on any atom is 0.257 e. The van der Waals surface area contributed by atoms with Crippen LogP contribution in [0.4, 0.5) is 0 Å². The van der Waals surface area contributed by atoms with Gasteiger partial charge in [-0.1, -0.05) is 0 Å². The Bertz CT molecular complexity index is 112. The van der Waals surface area contributed by atoms with Crippen molar-refractivity contribution in [1.82, 2.24) is 0 Å². The molecule has 0 radical (unpaired) electrons. The maximum atomic E-state index is 9.60. The van der Waals surface area contributed by atoms with Gasteiger partial charge in [0, 0.05) is 0 Å². The second-order valence-corrected chi connectivity index (χ2v) is 2.89. The molecule has 0 fully saturated rings. The van der Waals surface area contributed by atoms with Crippen LogP contribution in [0.3, 0.4) is 0 Å². The van der Waals surface area contributed by atoms with E-state index in [0.29, 0.717) is 0 Å². The van der Waals surface area contributed by atoms with Crippen LogP contribution in [0.5, 0.6) is 0 Å². The van der Waals surface area contributed by atoms with E-state index in [1.54, 1.807) is 0 Å². The van der Waals surface area contributed by atoms with Crippen LogP contribution in [-0.2, 0) is 15.2 Å². The lowest BCUT2D eigenvalue weighted by Gasteiger charge is -1.92. The highest BCUT2D eigenvalue weighted by atomic mass is 35.5. The van der Waals surface area contributed by atoms with Crippen molar-refractivity contribution in [3.63, 3.8) is 0 Å². The Hall–Kier alpha value is 0.490. The molecular weight excluding hydrogens is 175 g/mol. The van der Waals surface area contributed by atoms with E-state index in [4.69, 9.17) is 23.2 Å². The standard InChI is InChI=1S/C2H4Cl2O3S/c3-2(4)1-7-8(5)6/h2,8H,1H2. The summed E-state index contributed by atoms with van der Waals surface area (Å²) in [7, 11) is -2.80. The topological polar surface area (TPSA) is 43.4 Å². The quantitative estimate of drug-likeness (QED) is 0.501. The van der Waals surface area contributed by atoms with Crippen LogP contribution in [-0.4, -0.2) is 19.9 Å².